The SMILES string of the molecule is CCNC(=NCc1ccc(F)c(Cl)c1)NCCCOCC.I. The number of guanidine groups is 1. The van der Waals surface area contributed by atoms with E-state index < -0.39 is 5.82 Å². The molecule has 0 radical (unpaired) electrons. The minimum atomic E-state index is -0.412. The maximum absolute atomic E-state index is 13.1. The molecule has 22 heavy (non-hydrogen) atoms. The molecule has 0 bridgehead atoms. The van der Waals surface area contributed by atoms with E-state index in [1.54, 1.807) is 12.1 Å². The van der Waals surface area contributed by atoms with Crippen molar-refractivity contribution in [2.75, 3.05) is 26.3 Å². The largest absolute Gasteiger partial charge is 0.382 e. The first-order valence-corrected chi connectivity index (χ1v) is 7.59. The molecule has 7 heteroatoms. The highest BCUT2D eigenvalue weighted by atomic mass is 127. The highest BCUT2D eigenvalue weighted by Gasteiger charge is 2.01. The van der Waals surface area contributed by atoms with Crippen LogP contribution in [0.5, 0.6) is 0 Å². The summed E-state index contributed by atoms with van der Waals surface area (Å²) in [7, 11) is 0. The minimum absolute atomic E-state index is 0. The molecule has 4 nitrogen and oxygen atoms in total. The number of hydrogen-bond acceptors (Lipinski definition) is 2. The maximum Gasteiger partial charge on any atom is 0.191 e. The van der Waals surface area contributed by atoms with E-state index in [9.17, 15) is 4.39 Å². The van der Waals surface area contributed by atoms with Gasteiger partial charge >= 0.3 is 0 Å². The van der Waals surface area contributed by atoms with Gasteiger partial charge in [0.05, 0.1) is 11.6 Å². The van der Waals surface area contributed by atoms with E-state index in [4.69, 9.17) is 16.3 Å². The average Bonchev–Trinajstić information content (AvgIpc) is 2.48. The topological polar surface area (TPSA) is 45.7 Å². The molecule has 0 atom stereocenters. The number of aliphatic imine (C=N–C) groups is 1. The fourth-order valence-corrected chi connectivity index (χ4v) is 1.88. The molecule has 1 aromatic carbocycles. The van der Waals surface area contributed by atoms with E-state index >= 15 is 0 Å². The third-order valence-electron chi connectivity index (χ3n) is 2.71. The van der Waals surface area contributed by atoms with Crippen LogP contribution in [-0.4, -0.2) is 32.3 Å². The fourth-order valence-electron chi connectivity index (χ4n) is 1.68. The van der Waals surface area contributed by atoms with Crippen molar-refractivity contribution in [3.8, 4) is 0 Å². The summed E-state index contributed by atoms with van der Waals surface area (Å²) in [5, 5.41) is 6.51. The standard InChI is InChI=1S/C15H23ClFN3O.HI/c1-3-18-15(19-8-5-9-21-4-2)20-11-12-6-7-14(17)13(16)10-12;/h6-7,10H,3-5,8-9,11H2,1-2H3,(H2,18,19,20);1H. The average molecular weight is 444 g/mol. The van der Waals surface area contributed by atoms with Gasteiger partial charge in [0.2, 0.25) is 0 Å². The molecule has 1 rings (SSSR count). The van der Waals surface area contributed by atoms with Gasteiger partial charge in [-0.1, -0.05) is 17.7 Å². The number of ether oxygens (including phenoxy) is 1. The van der Waals surface area contributed by atoms with Crippen molar-refractivity contribution < 1.29 is 9.13 Å². The van der Waals surface area contributed by atoms with Crippen molar-refractivity contribution in [2.24, 2.45) is 4.99 Å². The third kappa shape index (κ3) is 8.75. The summed E-state index contributed by atoms with van der Waals surface area (Å²) < 4.78 is 18.4. The molecule has 0 amide bonds. The molecule has 0 saturated heterocycles. The molecule has 0 aromatic heterocycles. The lowest BCUT2D eigenvalue weighted by atomic mass is 10.2. The smallest absolute Gasteiger partial charge is 0.191 e. The van der Waals surface area contributed by atoms with Gasteiger partial charge in [0.15, 0.2) is 5.96 Å². The fraction of sp³-hybridized carbons (Fsp3) is 0.533. The van der Waals surface area contributed by atoms with Crippen LogP contribution in [0.25, 0.3) is 0 Å². The second-order valence-corrected chi connectivity index (χ2v) is 4.83. The van der Waals surface area contributed by atoms with Crippen LogP contribution in [0.4, 0.5) is 4.39 Å². The lowest BCUT2D eigenvalue weighted by Gasteiger charge is -2.11. The predicted octanol–water partition coefficient (Wildman–Crippen LogP) is 3.58. The van der Waals surface area contributed by atoms with Crippen molar-refractivity contribution in [3.05, 3.63) is 34.6 Å². The van der Waals surface area contributed by atoms with Crippen LogP contribution in [0.1, 0.15) is 25.8 Å². The first kappa shape index (κ1) is 21.4. The summed E-state index contributed by atoms with van der Waals surface area (Å²) in [5.74, 6) is 0.319. The van der Waals surface area contributed by atoms with Gasteiger partial charge in [-0.3, -0.25) is 0 Å². The molecule has 126 valence electrons. The molecule has 0 aliphatic carbocycles. The van der Waals surface area contributed by atoms with E-state index in [1.165, 1.54) is 6.07 Å². The molecule has 2 N–H and O–H groups in total. The monoisotopic (exact) mass is 443 g/mol. The Hall–Kier alpha value is -0.600. The Kier molecular flexibility index (Phi) is 12.5. The van der Waals surface area contributed by atoms with Crippen LogP contribution >= 0.6 is 35.6 Å². The van der Waals surface area contributed by atoms with E-state index in [-0.39, 0.29) is 29.0 Å². The number of hydrogen-bond donors (Lipinski definition) is 2. The van der Waals surface area contributed by atoms with Crippen molar-refractivity contribution in [3.63, 3.8) is 0 Å². The molecular formula is C15H24ClFIN3O. The highest BCUT2D eigenvalue weighted by Crippen LogP contribution is 2.16. The van der Waals surface area contributed by atoms with E-state index in [0.29, 0.717) is 6.54 Å². The number of rotatable bonds is 8. The van der Waals surface area contributed by atoms with Crippen LogP contribution in [-0.2, 0) is 11.3 Å². The Morgan fingerprint density at radius 1 is 1.32 bits per heavy atom. The van der Waals surface area contributed by atoms with Gasteiger partial charge < -0.3 is 15.4 Å². The number of benzene rings is 1. The highest BCUT2D eigenvalue weighted by molar-refractivity contribution is 14.0. The van der Waals surface area contributed by atoms with Gasteiger partial charge in [-0.2, -0.15) is 0 Å². The molecule has 0 aliphatic heterocycles. The van der Waals surface area contributed by atoms with Crippen LogP contribution in [0.2, 0.25) is 5.02 Å². The van der Waals surface area contributed by atoms with E-state index in [1.807, 2.05) is 13.8 Å². The first-order chi connectivity index (χ1) is 10.2. The zero-order valence-corrected chi connectivity index (χ0v) is 16.1. The summed E-state index contributed by atoms with van der Waals surface area (Å²) in [4.78, 5) is 4.44. The van der Waals surface area contributed by atoms with Gasteiger partial charge in [0.25, 0.3) is 0 Å². The Balaban J connectivity index is 0.00000441. The van der Waals surface area contributed by atoms with Crippen molar-refractivity contribution in [1.82, 2.24) is 10.6 Å². The van der Waals surface area contributed by atoms with E-state index in [0.717, 1.165) is 44.2 Å². The first-order valence-electron chi connectivity index (χ1n) is 7.21. The minimum Gasteiger partial charge on any atom is -0.382 e. The lowest BCUT2D eigenvalue weighted by Crippen LogP contribution is -2.38. The molecule has 0 unspecified atom stereocenters. The Morgan fingerprint density at radius 3 is 2.73 bits per heavy atom. The Morgan fingerprint density at radius 2 is 2.09 bits per heavy atom. The van der Waals surface area contributed by atoms with Crippen molar-refractivity contribution in [2.45, 2.75) is 26.8 Å². The van der Waals surface area contributed by atoms with Gasteiger partial charge in [0, 0.05) is 26.3 Å². The van der Waals surface area contributed by atoms with Crippen molar-refractivity contribution in [1.29, 1.82) is 0 Å². The lowest BCUT2D eigenvalue weighted by molar-refractivity contribution is 0.145. The molecule has 0 heterocycles. The van der Waals surface area contributed by atoms with Crippen LogP contribution in [0.3, 0.4) is 0 Å². The zero-order valence-electron chi connectivity index (χ0n) is 13.0. The Labute approximate surface area is 153 Å². The number of nitrogens with zero attached hydrogens (tertiary/aromatic N) is 1. The van der Waals surface area contributed by atoms with Crippen molar-refractivity contribution >= 4 is 41.5 Å². The van der Waals surface area contributed by atoms with E-state index in [2.05, 4.69) is 15.6 Å². The maximum atomic E-state index is 13.1. The molecule has 0 saturated carbocycles. The third-order valence-corrected chi connectivity index (χ3v) is 3.00. The molecule has 1 aromatic rings. The van der Waals surface area contributed by atoms with Crippen LogP contribution < -0.4 is 10.6 Å². The second-order valence-electron chi connectivity index (χ2n) is 4.42. The van der Waals surface area contributed by atoms with Gasteiger partial charge in [-0.25, -0.2) is 9.38 Å². The van der Waals surface area contributed by atoms with Crippen LogP contribution in [0.15, 0.2) is 23.2 Å². The molecule has 0 fully saturated rings. The quantitative estimate of drug-likeness (QED) is 0.279. The van der Waals surface area contributed by atoms with Gasteiger partial charge in [-0.15, -0.1) is 24.0 Å². The molecular weight excluding hydrogens is 420 g/mol. The number of halogens is 3. The zero-order chi connectivity index (χ0) is 15.5. The van der Waals surface area contributed by atoms with Gasteiger partial charge in [0.1, 0.15) is 5.82 Å². The second kappa shape index (κ2) is 12.9. The number of nitrogens with one attached hydrogen (secondary N) is 2. The summed E-state index contributed by atoms with van der Waals surface area (Å²) in [6.45, 7) is 7.47. The normalized spacial score (nSPS) is 11.0. The molecule has 0 aliphatic rings. The summed E-state index contributed by atoms with van der Waals surface area (Å²) in [5.41, 5.74) is 0.868. The van der Waals surface area contributed by atoms with Gasteiger partial charge in [-0.05, 0) is 38.0 Å². The predicted molar refractivity (Wildman–Crippen MR) is 101 cm³/mol. The Bertz CT molecular complexity index is 460. The molecule has 0 spiro atoms. The summed E-state index contributed by atoms with van der Waals surface area (Å²) in [6, 6.07) is 4.64. The van der Waals surface area contributed by atoms with Crippen LogP contribution in [0, 0.1) is 5.82 Å². The summed E-state index contributed by atoms with van der Waals surface area (Å²) in [6.07, 6.45) is 0.917. The summed E-state index contributed by atoms with van der Waals surface area (Å²) >= 11 is 5.75.